The van der Waals surface area contributed by atoms with Crippen molar-refractivity contribution in [1.82, 2.24) is 4.98 Å². The topological polar surface area (TPSA) is 38.9 Å². The lowest BCUT2D eigenvalue weighted by molar-refractivity contribution is 0.428. The van der Waals surface area contributed by atoms with Crippen molar-refractivity contribution in [2.45, 2.75) is 31.7 Å². The lowest BCUT2D eigenvalue weighted by Crippen LogP contribution is -2.34. The number of aromatic nitrogens is 1. The highest BCUT2D eigenvalue weighted by atomic mass is 14.8. The molecule has 0 amide bonds. The molecule has 1 aromatic rings. The highest BCUT2D eigenvalue weighted by Crippen LogP contribution is 2.38. The molecule has 1 heterocycles. The smallest absolute Gasteiger partial charge is 0.0602 e. The van der Waals surface area contributed by atoms with Crippen molar-refractivity contribution in [1.29, 1.82) is 0 Å². The fourth-order valence-electron chi connectivity index (χ4n) is 2.22. The summed E-state index contributed by atoms with van der Waals surface area (Å²) in [6.45, 7) is 2.26. The molecule has 2 nitrogen and oxygen atoms in total. The van der Waals surface area contributed by atoms with E-state index in [0.717, 1.165) is 24.5 Å². The van der Waals surface area contributed by atoms with Crippen LogP contribution < -0.4 is 5.73 Å². The van der Waals surface area contributed by atoms with Crippen LogP contribution >= 0.6 is 0 Å². The van der Waals surface area contributed by atoms with Crippen LogP contribution in [-0.2, 0) is 5.54 Å². The van der Waals surface area contributed by atoms with Crippen LogP contribution in [-0.4, -0.2) is 4.98 Å². The number of hydrogen-bond donors (Lipinski definition) is 1. The molecule has 70 valence electrons. The van der Waals surface area contributed by atoms with Gasteiger partial charge in [-0.3, -0.25) is 4.98 Å². The van der Waals surface area contributed by atoms with E-state index in [-0.39, 0.29) is 5.54 Å². The maximum Gasteiger partial charge on any atom is 0.0602 e. The van der Waals surface area contributed by atoms with E-state index in [1.54, 1.807) is 0 Å². The highest BCUT2D eigenvalue weighted by molar-refractivity contribution is 5.16. The molecule has 0 saturated heterocycles. The summed E-state index contributed by atoms with van der Waals surface area (Å²) in [7, 11) is 0. The Morgan fingerprint density at radius 2 is 2.38 bits per heavy atom. The summed E-state index contributed by atoms with van der Waals surface area (Å²) in [6.07, 6.45) is 5.20. The van der Waals surface area contributed by atoms with Crippen molar-refractivity contribution in [3.8, 4) is 0 Å². The minimum atomic E-state index is -0.152. The molecule has 2 unspecified atom stereocenters. The lowest BCUT2D eigenvalue weighted by Gasteiger charge is -2.22. The first-order valence-electron chi connectivity index (χ1n) is 4.91. The summed E-state index contributed by atoms with van der Waals surface area (Å²) < 4.78 is 0. The SMILES string of the molecule is CC1CCC(N)(c2ccccn2)C1. The quantitative estimate of drug-likeness (QED) is 0.711. The van der Waals surface area contributed by atoms with Crippen LogP contribution in [0.25, 0.3) is 0 Å². The summed E-state index contributed by atoms with van der Waals surface area (Å²) in [5.41, 5.74) is 7.21. The normalized spacial score (nSPS) is 33.5. The molecule has 0 spiro atoms. The fraction of sp³-hybridized carbons (Fsp3) is 0.545. The predicted molar refractivity (Wildman–Crippen MR) is 53.1 cm³/mol. The number of nitrogens with zero attached hydrogens (tertiary/aromatic N) is 1. The monoisotopic (exact) mass is 176 g/mol. The minimum Gasteiger partial charge on any atom is -0.320 e. The first kappa shape index (κ1) is 8.70. The molecular formula is C11H16N2. The molecule has 0 aliphatic heterocycles. The summed E-state index contributed by atoms with van der Waals surface area (Å²) in [6, 6.07) is 5.99. The van der Waals surface area contributed by atoms with Crippen molar-refractivity contribution >= 4 is 0 Å². The van der Waals surface area contributed by atoms with Gasteiger partial charge in [-0.15, -0.1) is 0 Å². The van der Waals surface area contributed by atoms with Gasteiger partial charge in [-0.05, 0) is 37.3 Å². The zero-order valence-corrected chi connectivity index (χ0v) is 8.03. The maximum absolute atomic E-state index is 6.31. The lowest BCUT2D eigenvalue weighted by atomic mass is 9.93. The molecule has 0 bridgehead atoms. The Hall–Kier alpha value is -0.890. The van der Waals surface area contributed by atoms with Gasteiger partial charge >= 0.3 is 0 Å². The second-order valence-electron chi connectivity index (χ2n) is 4.22. The van der Waals surface area contributed by atoms with Gasteiger partial charge in [0.25, 0.3) is 0 Å². The second kappa shape index (κ2) is 3.11. The van der Waals surface area contributed by atoms with E-state index in [4.69, 9.17) is 5.73 Å². The van der Waals surface area contributed by atoms with Gasteiger partial charge in [0.2, 0.25) is 0 Å². The van der Waals surface area contributed by atoms with E-state index >= 15 is 0 Å². The maximum atomic E-state index is 6.31. The average Bonchev–Trinajstić information content (AvgIpc) is 2.49. The molecule has 0 radical (unpaired) electrons. The molecular weight excluding hydrogens is 160 g/mol. The molecule has 2 rings (SSSR count). The van der Waals surface area contributed by atoms with E-state index in [1.807, 2.05) is 24.4 Å². The average molecular weight is 176 g/mol. The standard InChI is InChI=1S/C11H16N2/c1-9-5-6-11(12,8-9)10-4-2-3-7-13-10/h2-4,7,9H,5-6,8,12H2,1H3. The summed E-state index contributed by atoms with van der Waals surface area (Å²) >= 11 is 0. The molecule has 0 aromatic carbocycles. The third-order valence-electron chi connectivity index (χ3n) is 2.97. The second-order valence-corrected chi connectivity index (χ2v) is 4.22. The molecule has 2 heteroatoms. The van der Waals surface area contributed by atoms with Crippen LogP contribution in [0.4, 0.5) is 0 Å². The largest absolute Gasteiger partial charge is 0.320 e. The summed E-state index contributed by atoms with van der Waals surface area (Å²) in [4.78, 5) is 4.34. The van der Waals surface area contributed by atoms with Crippen LogP contribution in [0.5, 0.6) is 0 Å². The number of rotatable bonds is 1. The van der Waals surface area contributed by atoms with Gasteiger partial charge in [-0.2, -0.15) is 0 Å². The third-order valence-corrected chi connectivity index (χ3v) is 2.97. The van der Waals surface area contributed by atoms with Crippen molar-refractivity contribution in [3.05, 3.63) is 30.1 Å². The third kappa shape index (κ3) is 1.59. The Bertz CT molecular complexity index is 283. The Morgan fingerprint density at radius 1 is 1.54 bits per heavy atom. The molecule has 2 atom stereocenters. The van der Waals surface area contributed by atoms with Gasteiger partial charge in [0, 0.05) is 6.20 Å². The molecule has 1 fully saturated rings. The van der Waals surface area contributed by atoms with Crippen LogP contribution in [0.2, 0.25) is 0 Å². The van der Waals surface area contributed by atoms with Crippen molar-refractivity contribution in [3.63, 3.8) is 0 Å². The van der Waals surface area contributed by atoms with Crippen molar-refractivity contribution < 1.29 is 0 Å². The van der Waals surface area contributed by atoms with Gasteiger partial charge < -0.3 is 5.73 Å². The van der Waals surface area contributed by atoms with E-state index in [9.17, 15) is 0 Å². The zero-order chi connectivity index (χ0) is 9.31. The van der Waals surface area contributed by atoms with Gasteiger partial charge in [0.05, 0.1) is 11.2 Å². The van der Waals surface area contributed by atoms with E-state index < -0.39 is 0 Å². The fourth-order valence-corrected chi connectivity index (χ4v) is 2.22. The number of hydrogen-bond acceptors (Lipinski definition) is 2. The first-order chi connectivity index (χ1) is 6.21. The van der Waals surface area contributed by atoms with E-state index in [1.165, 1.54) is 6.42 Å². The van der Waals surface area contributed by atoms with Crippen LogP contribution in [0, 0.1) is 5.92 Å². The van der Waals surface area contributed by atoms with Gasteiger partial charge in [-0.25, -0.2) is 0 Å². The Kier molecular flexibility index (Phi) is 2.08. The van der Waals surface area contributed by atoms with Crippen molar-refractivity contribution in [2.24, 2.45) is 11.7 Å². The Morgan fingerprint density at radius 3 is 2.92 bits per heavy atom. The number of nitrogens with two attached hydrogens (primary N) is 1. The molecule has 2 N–H and O–H groups in total. The Labute approximate surface area is 79.2 Å². The predicted octanol–water partition coefficient (Wildman–Crippen LogP) is 2.06. The first-order valence-corrected chi connectivity index (χ1v) is 4.91. The summed E-state index contributed by atoms with van der Waals surface area (Å²) in [5, 5.41) is 0. The number of pyridine rings is 1. The van der Waals surface area contributed by atoms with Gasteiger partial charge in [0.1, 0.15) is 0 Å². The highest BCUT2D eigenvalue weighted by Gasteiger charge is 2.35. The summed E-state index contributed by atoms with van der Waals surface area (Å²) in [5.74, 6) is 0.743. The minimum absolute atomic E-state index is 0.152. The van der Waals surface area contributed by atoms with Gasteiger partial charge in [0.15, 0.2) is 0 Å². The molecule has 1 aliphatic rings. The molecule has 1 aromatic heterocycles. The Balaban J connectivity index is 2.26. The van der Waals surface area contributed by atoms with Crippen molar-refractivity contribution in [2.75, 3.05) is 0 Å². The molecule has 1 aliphatic carbocycles. The molecule has 13 heavy (non-hydrogen) atoms. The van der Waals surface area contributed by atoms with E-state index in [2.05, 4.69) is 11.9 Å². The van der Waals surface area contributed by atoms with Crippen LogP contribution in [0.1, 0.15) is 31.9 Å². The van der Waals surface area contributed by atoms with Crippen LogP contribution in [0.3, 0.4) is 0 Å². The van der Waals surface area contributed by atoms with E-state index in [0.29, 0.717) is 0 Å². The zero-order valence-electron chi connectivity index (χ0n) is 8.03. The molecule has 1 saturated carbocycles. The van der Waals surface area contributed by atoms with Gasteiger partial charge in [-0.1, -0.05) is 13.0 Å². The van der Waals surface area contributed by atoms with Crippen LogP contribution in [0.15, 0.2) is 24.4 Å².